The van der Waals surface area contributed by atoms with Crippen molar-refractivity contribution in [1.29, 1.82) is 0 Å². The van der Waals surface area contributed by atoms with Crippen LogP contribution in [0, 0.1) is 6.92 Å². The molecular formula is C15H25ClN4O2. The van der Waals surface area contributed by atoms with Crippen LogP contribution in [0.15, 0.2) is 4.79 Å². The maximum atomic E-state index is 12.6. The largest absolute Gasteiger partial charge is 0.337 e. The van der Waals surface area contributed by atoms with Crippen molar-refractivity contribution < 1.29 is 4.79 Å². The average Bonchev–Trinajstić information content (AvgIpc) is 2.89. The van der Waals surface area contributed by atoms with E-state index in [2.05, 4.69) is 15.3 Å². The molecule has 1 amide bonds. The zero-order chi connectivity index (χ0) is 15.8. The van der Waals surface area contributed by atoms with E-state index >= 15 is 0 Å². The Labute approximate surface area is 137 Å². The molecular weight excluding hydrogens is 304 g/mol. The first-order valence-corrected chi connectivity index (χ1v) is 7.31. The fraction of sp³-hybridized carbons (Fsp3) is 0.667. The van der Waals surface area contributed by atoms with Gasteiger partial charge in [-0.2, -0.15) is 0 Å². The maximum absolute atomic E-state index is 12.6. The Balaban J connectivity index is 0.00000242. The Bertz CT molecular complexity index is 601. The summed E-state index contributed by atoms with van der Waals surface area (Å²) in [5.41, 5.74) is 0.0337. The second-order valence-electron chi connectivity index (χ2n) is 6.69. The number of aromatic amines is 1. The Kier molecular flexibility index (Phi) is 5.76. The second kappa shape index (κ2) is 6.79. The molecule has 1 aliphatic rings. The highest BCUT2D eigenvalue weighted by atomic mass is 35.5. The van der Waals surface area contributed by atoms with Gasteiger partial charge in [0.15, 0.2) is 0 Å². The van der Waals surface area contributed by atoms with Gasteiger partial charge in [0.2, 0.25) is 0 Å². The molecule has 1 aliphatic heterocycles. The van der Waals surface area contributed by atoms with Crippen molar-refractivity contribution in [2.45, 2.75) is 45.6 Å². The van der Waals surface area contributed by atoms with Gasteiger partial charge in [-0.3, -0.25) is 9.59 Å². The van der Waals surface area contributed by atoms with Gasteiger partial charge in [0.25, 0.3) is 11.5 Å². The lowest BCUT2D eigenvalue weighted by molar-refractivity contribution is 0.0740. The molecule has 1 atom stereocenters. The van der Waals surface area contributed by atoms with E-state index in [9.17, 15) is 9.59 Å². The molecule has 2 heterocycles. The van der Waals surface area contributed by atoms with Crippen molar-refractivity contribution in [2.24, 2.45) is 0 Å². The standard InChI is InChI=1S/C15H24N4O2.ClH/c1-9-11(12(20)18-14(17-9)15(2,3)4)13(21)19(5)10-6-7-16-8-10;/h10,16H,6-8H2,1-5H3,(H,17,18,20);1H. The molecule has 0 bridgehead atoms. The van der Waals surface area contributed by atoms with Crippen molar-refractivity contribution in [3.8, 4) is 0 Å². The summed E-state index contributed by atoms with van der Waals surface area (Å²) >= 11 is 0. The fourth-order valence-electron chi connectivity index (χ4n) is 2.51. The van der Waals surface area contributed by atoms with E-state index in [1.807, 2.05) is 20.8 Å². The predicted octanol–water partition coefficient (Wildman–Crippen LogP) is 1.23. The molecule has 0 spiro atoms. The van der Waals surface area contributed by atoms with Crippen molar-refractivity contribution in [3.05, 3.63) is 27.4 Å². The van der Waals surface area contributed by atoms with Gasteiger partial charge in [0.05, 0.1) is 5.69 Å². The predicted molar refractivity (Wildman–Crippen MR) is 88.9 cm³/mol. The van der Waals surface area contributed by atoms with Crippen LogP contribution in [0.25, 0.3) is 0 Å². The summed E-state index contributed by atoms with van der Waals surface area (Å²) in [5.74, 6) is 0.349. The Morgan fingerprint density at radius 2 is 2.00 bits per heavy atom. The molecule has 7 heteroatoms. The second-order valence-corrected chi connectivity index (χ2v) is 6.69. The van der Waals surface area contributed by atoms with Gasteiger partial charge in [-0.05, 0) is 19.9 Å². The van der Waals surface area contributed by atoms with Crippen molar-refractivity contribution in [1.82, 2.24) is 20.2 Å². The first-order chi connectivity index (χ1) is 9.71. The van der Waals surface area contributed by atoms with Gasteiger partial charge in [0.1, 0.15) is 11.4 Å². The summed E-state index contributed by atoms with van der Waals surface area (Å²) in [4.78, 5) is 33.7. The number of aromatic nitrogens is 2. The van der Waals surface area contributed by atoms with E-state index in [0.717, 1.165) is 19.5 Å². The van der Waals surface area contributed by atoms with E-state index in [0.29, 0.717) is 11.5 Å². The van der Waals surface area contributed by atoms with E-state index in [1.165, 1.54) is 0 Å². The number of aryl methyl sites for hydroxylation is 1. The number of likely N-dealkylation sites (N-methyl/N-ethyl adjacent to an activating group) is 1. The SMILES string of the molecule is Cc1nc(C(C)(C)C)[nH]c(=O)c1C(=O)N(C)C1CCNC1.Cl. The average molecular weight is 329 g/mol. The molecule has 0 saturated carbocycles. The number of carbonyl (C=O) groups is 1. The van der Waals surface area contributed by atoms with Gasteiger partial charge in [0, 0.05) is 25.0 Å². The van der Waals surface area contributed by atoms with Gasteiger partial charge < -0.3 is 15.2 Å². The lowest BCUT2D eigenvalue weighted by atomic mass is 9.95. The van der Waals surface area contributed by atoms with Crippen LogP contribution >= 0.6 is 12.4 Å². The summed E-state index contributed by atoms with van der Waals surface area (Å²) in [6.45, 7) is 9.32. The molecule has 1 saturated heterocycles. The van der Waals surface area contributed by atoms with Crippen molar-refractivity contribution in [2.75, 3.05) is 20.1 Å². The number of amides is 1. The summed E-state index contributed by atoms with van der Waals surface area (Å²) in [5, 5.41) is 3.22. The summed E-state index contributed by atoms with van der Waals surface area (Å²) in [7, 11) is 1.75. The normalized spacial score (nSPS) is 18.0. The highest BCUT2D eigenvalue weighted by Crippen LogP contribution is 2.18. The van der Waals surface area contributed by atoms with Crippen LogP contribution in [0.5, 0.6) is 0 Å². The molecule has 2 rings (SSSR count). The molecule has 22 heavy (non-hydrogen) atoms. The number of halogens is 1. The Morgan fingerprint density at radius 1 is 1.36 bits per heavy atom. The minimum Gasteiger partial charge on any atom is -0.337 e. The van der Waals surface area contributed by atoms with Crippen LogP contribution in [0.1, 0.15) is 49.1 Å². The summed E-state index contributed by atoms with van der Waals surface area (Å²) in [6, 6.07) is 0.138. The van der Waals surface area contributed by atoms with Crippen LogP contribution < -0.4 is 10.9 Å². The van der Waals surface area contributed by atoms with Crippen molar-refractivity contribution >= 4 is 18.3 Å². The van der Waals surface area contributed by atoms with Crippen LogP contribution in [0.3, 0.4) is 0 Å². The first-order valence-electron chi connectivity index (χ1n) is 7.31. The number of nitrogens with zero attached hydrogens (tertiary/aromatic N) is 2. The molecule has 0 radical (unpaired) electrons. The van der Waals surface area contributed by atoms with Crippen LogP contribution in [0.4, 0.5) is 0 Å². The quantitative estimate of drug-likeness (QED) is 0.856. The minimum atomic E-state index is -0.352. The lowest BCUT2D eigenvalue weighted by Crippen LogP contribution is -2.41. The third-order valence-electron chi connectivity index (χ3n) is 3.93. The number of hydrogen-bond acceptors (Lipinski definition) is 4. The highest BCUT2D eigenvalue weighted by Gasteiger charge is 2.28. The zero-order valence-electron chi connectivity index (χ0n) is 13.8. The van der Waals surface area contributed by atoms with E-state index in [-0.39, 0.29) is 40.9 Å². The topological polar surface area (TPSA) is 78.1 Å². The van der Waals surface area contributed by atoms with Gasteiger partial charge in [-0.1, -0.05) is 20.8 Å². The van der Waals surface area contributed by atoms with E-state index in [1.54, 1.807) is 18.9 Å². The summed E-state index contributed by atoms with van der Waals surface area (Å²) in [6.07, 6.45) is 0.909. The van der Waals surface area contributed by atoms with Crippen LogP contribution in [-0.2, 0) is 5.41 Å². The number of H-pyrrole nitrogens is 1. The van der Waals surface area contributed by atoms with Crippen LogP contribution in [-0.4, -0.2) is 47.0 Å². The van der Waals surface area contributed by atoms with Gasteiger partial charge >= 0.3 is 0 Å². The van der Waals surface area contributed by atoms with Gasteiger partial charge in [-0.15, -0.1) is 12.4 Å². The summed E-state index contributed by atoms with van der Waals surface area (Å²) < 4.78 is 0. The molecule has 1 aromatic heterocycles. The lowest BCUT2D eigenvalue weighted by Gasteiger charge is -2.24. The first kappa shape index (κ1) is 18.6. The molecule has 2 N–H and O–H groups in total. The highest BCUT2D eigenvalue weighted by molar-refractivity contribution is 5.94. The molecule has 1 unspecified atom stereocenters. The molecule has 1 aromatic rings. The number of carbonyl (C=O) groups excluding carboxylic acids is 1. The molecule has 124 valence electrons. The molecule has 0 aromatic carbocycles. The Hall–Kier alpha value is -1.40. The smallest absolute Gasteiger partial charge is 0.264 e. The molecule has 1 fully saturated rings. The van der Waals surface area contributed by atoms with Crippen molar-refractivity contribution in [3.63, 3.8) is 0 Å². The van der Waals surface area contributed by atoms with E-state index < -0.39 is 0 Å². The number of hydrogen-bond donors (Lipinski definition) is 2. The molecule has 6 nitrogen and oxygen atoms in total. The zero-order valence-corrected chi connectivity index (χ0v) is 14.6. The number of nitrogens with one attached hydrogen (secondary N) is 2. The fourth-order valence-corrected chi connectivity index (χ4v) is 2.51. The maximum Gasteiger partial charge on any atom is 0.264 e. The monoisotopic (exact) mass is 328 g/mol. The third kappa shape index (κ3) is 3.67. The van der Waals surface area contributed by atoms with E-state index in [4.69, 9.17) is 0 Å². The third-order valence-corrected chi connectivity index (χ3v) is 3.93. The van der Waals surface area contributed by atoms with Gasteiger partial charge in [-0.25, -0.2) is 4.98 Å². The minimum absolute atomic E-state index is 0. The van der Waals surface area contributed by atoms with Crippen LogP contribution in [0.2, 0.25) is 0 Å². The Morgan fingerprint density at radius 3 is 2.45 bits per heavy atom. The molecule has 0 aliphatic carbocycles. The number of rotatable bonds is 2.